The fourth-order valence-electron chi connectivity index (χ4n) is 2.88. The van der Waals surface area contributed by atoms with Crippen LogP contribution in [0.25, 0.3) is 0 Å². The average Bonchev–Trinajstić information content (AvgIpc) is 2.64. The Morgan fingerprint density at radius 3 is 2.44 bits per heavy atom. The molecule has 0 aromatic heterocycles. The molecule has 1 N–H and O–H groups in total. The summed E-state index contributed by atoms with van der Waals surface area (Å²) in [6, 6.07) is 15.6. The van der Waals surface area contributed by atoms with Crippen LogP contribution in [-0.2, 0) is 0 Å². The molecule has 0 spiro atoms. The van der Waals surface area contributed by atoms with Crippen molar-refractivity contribution < 1.29 is 9.53 Å². The lowest BCUT2D eigenvalue weighted by molar-refractivity contribution is 0.208. The fourth-order valence-corrected chi connectivity index (χ4v) is 3.15. The Hall–Kier alpha value is -2.21. The highest BCUT2D eigenvalue weighted by Gasteiger charge is 2.22. The van der Waals surface area contributed by atoms with Crippen molar-refractivity contribution in [3.05, 3.63) is 53.0 Å². The minimum absolute atomic E-state index is 0.0555. The second-order valence-electron chi connectivity index (χ2n) is 5.81. The largest absolute Gasteiger partial charge is 0.492 e. The summed E-state index contributed by atoms with van der Waals surface area (Å²) in [5.74, 6) is 0.901. The predicted octanol–water partition coefficient (Wildman–Crippen LogP) is 4.20. The number of piperazine rings is 1. The molecule has 3 rings (SSSR count). The van der Waals surface area contributed by atoms with Gasteiger partial charge in [-0.15, -0.1) is 0 Å². The summed E-state index contributed by atoms with van der Waals surface area (Å²) in [6.45, 7) is 5.58. The maximum absolute atomic E-state index is 12.4. The maximum atomic E-state index is 12.4. The summed E-state index contributed by atoms with van der Waals surface area (Å²) < 4.78 is 6.71. The lowest BCUT2D eigenvalue weighted by Gasteiger charge is -2.36. The van der Waals surface area contributed by atoms with Crippen molar-refractivity contribution in [3.63, 3.8) is 0 Å². The molecule has 0 aliphatic carbocycles. The normalized spacial score (nSPS) is 14.3. The number of benzene rings is 2. The van der Waals surface area contributed by atoms with Gasteiger partial charge in [-0.2, -0.15) is 0 Å². The van der Waals surface area contributed by atoms with Crippen LogP contribution in [0.2, 0.25) is 0 Å². The molecular formula is C19H22BrN3O2. The van der Waals surface area contributed by atoms with E-state index >= 15 is 0 Å². The standard InChI is InChI=1S/C19H22BrN3O2/c1-2-25-18-6-4-3-5-17(18)22-11-13-23(14-12-22)19(24)21-16-9-7-15(20)8-10-16/h3-10H,2,11-14H2,1H3,(H,21,24). The van der Waals surface area contributed by atoms with E-state index in [-0.39, 0.29) is 6.03 Å². The fraction of sp³-hybridized carbons (Fsp3) is 0.316. The van der Waals surface area contributed by atoms with Gasteiger partial charge in [-0.3, -0.25) is 0 Å². The number of urea groups is 1. The van der Waals surface area contributed by atoms with Gasteiger partial charge >= 0.3 is 6.03 Å². The van der Waals surface area contributed by atoms with Gasteiger partial charge in [-0.05, 0) is 43.3 Å². The highest BCUT2D eigenvalue weighted by atomic mass is 79.9. The van der Waals surface area contributed by atoms with Crippen LogP contribution in [0.4, 0.5) is 16.2 Å². The number of carbonyl (C=O) groups is 1. The van der Waals surface area contributed by atoms with Gasteiger partial charge < -0.3 is 19.9 Å². The first-order chi connectivity index (χ1) is 12.2. The van der Waals surface area contributed by atoms with Gasteiger partial charge in [0, 0.05) is 36.3 Å². The van der Waals surface area contributed by atoms with E-state index in [1.807, 2.05) is 54.3 Å². The molecule has 2 amide bonds. The lowest BCUT2D eigenvalue weighted by atomic mass is 10.2. The number of amides is 2. The van der Waals surface area contributed by atoms with Gasteiger partial charge in [-0.25, -0.2) is 4.79 Å². The molecule has 2 aromatic carbocycles. The zero-order valence-corrected chi connectivity index (χ0v) is 15.8. The van der Waals surface area contributed by atoms with Gasteiger partial charge in [-0.1, -0.05) is 28.1 Å². The molecule has 5 nitrogen and oxygen atoms in total. The second kappa shape index (κ2) is 8.25. The number of halogens is 1. The molecule has 1 saturated heterocycles. The van der Waals surface area contributed by atoms with Gasteiger partial charge in [0.05, 0.1) is 12.3 Å². The Bertz CT molecular complexity index is 713. The third kappa shape index (κ3) is 4.45. The Balaban J connectivity index is 1.58. The molecular weight excluding hydrogens is 382 g/mol. The van der Waals surface area contributed by atoms with E-state index in [0.717, 1.165) is 34.7 Å². The number of nitrogens with zero attached hydrogens (tertiary/aromatic N) is 2. The highest BCUT2D eigenvalue weighted by molar-refractivity contribution is 9.10. The average molecular weight is 404 g/mol. The summed E-state index contributed by atoms with van der Waals surface area (Å²) in [5, 5.41) is 2.95. The molecule has 0 bridgehead atoms. The molecule has 25 heavy (non-hydrogen) atoms. The van der Waals surface area contributed by atoms with Crippen molar-refractivity contribution in [1.82, 2.24) is 4.90 Å². The van der Waals surface area contributed by atoms with Crippen molar-refractivity contribution in [2.75, 3.05) is 43.0 Å². The molecule has 6 heteroatoms. The van der Waals surface area contributed by atoms with Crippen molar-refractivity contribution >= 4 is 33.3 Å². The monoisotopic (exact) mass is 403 g/mol. The summed E-state index contributed by atoms with van der Waals surface area (Å²) in [6.07, 6.45) is 0. The van der Waals surface area contributed by atoms with E-state index in [2.05, 4.69) is 32.2 Å². The van der Waals surface area contributed by atoms with Crippen LogP contribution in [0.1, 0.15) is 6.92 Å². The molecule has 1 aliphatic heterocycles. The van der Waals surface area contributed by atoms with Crippen LogP contribution in [-0.4, -0.2) is 43.7 Å². The van der Waals surface area contributed by atoms with Crippen LogP contribution in [0.3, 0.4) is 0 Å². The molecule has 0 saturated carbocycles. The summed E-state index contributed by atoms with van der Waals surface area (Å²) in [5.41, 5.74) is 1.90. The molecule has 2 aromatic rings. The van der Waals surface area contributed by atoms with E-state index in [1.165, 1.54) is 0 Å². The third-order valence-electron chi connectivity index (χ3n) is 4.17. The number of rotatable bonds is 4. The topological polar surface area (TPSA) is 44.8 Å². The first kappa shape index (κ1) is 17.6. The molecule has 0 unspecified atom stereocenters. The second-order valence-corrected chi connectivity index (χ2v) is 6.73. The number of nitrogens with one attached hydrogen (secondary N) is 1. The van der Waals surface area contributed by atoms with E-state index in [1.54, 1.807) is 0 Å². The van der Waals surface area contributed by atoms with Crippen molar-refractivity contribution in [1.29, 1.82) is 0 Å². The molecule has 0 radical (unpaired) electrons. The summed E-state index contributed by atoms with van der Waals surface area (Å²) in [7, 11) is 0. The van der Waals surface area contributed by atoms with Crippen molar-refractivity contribution in [2.24, 2.45) is 0 Å². The van der Waals surface area contributed by atoms with E-state index in [9.17, 15) is 4.79 Å². The number of ether oxygens (including phenoxy) is 1. The van der Waals surface area contributed by atoms with Gasteiger partial charge in [0.2, 0.25) is 0 Å². The first-order valence-corrected chi connectivity index (χ1v) is 9.25. The van der Waals surface area contributed by atoms with Crippen LogP contribution >= 0.6 is 15.9 Å². The number of anilines is 2. The van der Waals surface area contributed by atoms with Gasteiger partial charge in [0.15, 0.2) is 0 Å². The third-order valence-corrected chi connectivity index (χ3v) is 4.70. The van der Waals surface area contributed by atoms with Crippen LogP contribution in [0.15, 0.2) is 53.0 Å². The quantitative estimate of drug-likeness (QED) is 0.831. The number of para-hydroxylation sites is 2. The summed E-state index contributed by atoms with van der Waals surface area (Å²) >= 11 is 3.40. The Kier molecular flexibility index (Phi) is 5.81. The number of hydrogen-bond acceptors (Lipinski definition) is 3. The minimum Gasteiger partial charge on any atom is -0.492 e. The number of carbonyl (C=O) groups excluding carboxylic acids is 1. The van der Waals surface area contributed by atoms with E-state index in [4.69, 9.17) is 4.74 Å². The van der Waals surface area contributed by atoms with Crippen molar-refractivity contribution in [2.45, 2.75) is 6.92 Å². The zero-order chi connectivity index (χ0) is 17.6. The van der Waals surface area contributed by atoms with Gasteiger partial charge in [0.25, 0.3) is 0 Å². The SMILES string of the molecule is CCOc1ccccc1N1CCN(C(=O)Nc2ccc(Br)cc2)CC1. The van der Waals surface area contributed by atoms with Crippen LogP contribution < -0.4 is 15.0 Å². The number of hydrogen-bond donors (Lipinski definition) is 1. The van der Waals surface area contributed by atoms with E-state index < -0.39 is 0 Å². The highest BCUT2D eigenvalue weighted by Crippen LogP contribution is 2.28. The summed E-state index contributed by atoms with van der Waals surface area (Å²) in [4.78, 5) is 16.5. The van der Waals surface area contributed by atoms with E-state index in [0.29, 0.717) is 19.7 Å². The Labute approximate surface area is 156 Å². The van der Waals surface area contributed by atoms with Crippen LogP contribution in [0.5, 0.6) is 5.75 Å². The molecule has 0 atom stereocenters. The Morgan fingerprint density at radius 1 is 1.08 bits per heavy atom. The predicted molar refractivity (Wildman–Crippen MR) is 105 cm³/mol. The molecule has 132 valence electrons. The zero-order valence-electron chi connectivity index (χ0n) is 14.2. The van der Waals surface area contributed by atoms with Gasteiger partial charge in [0.1, 0.15) is 5.75 Å². The molecule has 1 aliphatic rings. The Morgan fingerprint density at radius 2 is 1.76 bits per heavy atom. The van der Waals surface area contributed by atoms with Crippen molar-refractivity contribution in [3.8, 4) is 5.75 Å². The maximum Gasteiger partial charge on any atom is 0.321 e. The first-order valence-electron chi connectivity index (χ1n) is 8.45. The van der Waals surface area contributed by atoms with Crippen LogP contribution in [0, 0.1) is 0 Å². The molecule has 1 heterocycles. The molecule has 1 fully saturated rings. The lowest BCUT2D eigenvalue weighted by Crippen LogP contribution is -2.50. The smallest absolute Gasteiger partial charge is 0.321 e. The minimum atomic E-state index is -0.0555.